The Morgan fingerprint density at radius 3 is 2.74 bits per heavy atom. The fourth-order valence-corrected chi connectivity index (χ4v) is 7.61. The summed E-state index contributed by atoms with van der Waals surface area (Å²) in [5, 5.41) is 20.2. The number of fused-ring (bicyclic) bond motifs is 1. The fraction of sp³-hybridized carbons (Fsp3) is 0.786. The van der Waals surface area contributed by atoms with Crippen LogP contribution in [0.5, 0.6) is 0 Å². The molecule has 31 heavy (non-hydrogen) atoms. The van der Waals surface area contributed by atoms with E-state index in [0.717, 1.165) is 29.0 Å². The first-order valence-electron chi connectivity index (χ1n) is 13.0. The van der Waals surface area contributed by atoms with E-state index in [0.29, 0.717) is 24.2 Å². The number of aliphatic hydroxyl groups is 2. The summed E-state index contributed by atoms with van der Waals surface area (Å²) in [6.45, 7) is 14.2. The second-order valence-corrected chi connectivity index (χ2v) is 11.5. The molecule has 4 fully saturated rings. The second kappa shape index (κ2) is 9.53. The molecule has 0 aromatic rings. The van der Waals surface area contributed by atoms with Crippen LogP contribution in [0, 0.1) is 23.2 Å². The quantitative estimate of drug-likeness (QED) is 0.610. The van der Waals surface area contributed by atoms with E-state index in [1.54, 1.807) is 5.57 Å². The van der Waals surface area contributed by atoms with Gasteiger partial charge in [-0.1, -0.05) is 44.6 Å². The summed E-state index contributed by atoms with van der Waals surface area (Å²) in [6.07, 6.45) is 15.2. The van der Waals surface area contributed by atoms with E-state index in [9.17, 15) is 10.2 Å². The SMILES string of the molecule is C=C1/C(=C\C=C2/CCC[C@]3(C)[C@@H]([C@H](C)CN4CCCC[C@H]4C)CC[C@@H]23)C[C@@H](O)C[C@@H]1O. The average molecular weight is 428 g/mol. The minimum atomic E-state index is -0.598. The third kappa shape index (κ3) is 4.75. The number of likely N-dealkylation sites (tertiary alicyclic amines) is 1. The Balaban J connectivity index is 1.48. The maximum Gasteiger partial charge on any atom is 0.0811 e. The van der Waals surface area contributed by atoms with Gasteiger partial charge in [-0.2, -0.15) is 0 Å². The zero-order valence-corrected chi connectivity index (χ0v) is 20.2. The molecule has 1 heterocycles. The van der Waals surface area contributed by atoms with Gasteiger partial charge in [0.2, 0.25) is 0 Å². The minimum Gasteiger partial charge on any atom is -0.393 e. The van der Waals surface area contributed by atoms with Crippen LogP contribution in [0.25, 0.3) is 0 Å². The molecule has 1 saturated heterocycles. The molecule has 3 heteroatoms. The van der Waals surface area contributed by atoms with Crippen LogP contribution in [0.15, 0.2) is 35.5 Å². The van der Waals surface area contributed by atoms with Crippen LogP contribution in [0.4, 0.5) is 0 Å². The summed E-state index contributed by atoms with van der Waals surface area (Å²) in [6, 6.07) is 0.754. The molecule has 0 unspecified atom stereocenters. The number of nitrogens with zero attached hydrogens (tertiary/aromatic N) is 1. The van der Waals surface area contributed by atoms with Crippen LogP contribution >= 0.6 is 0 Å². The van der Waals surface area contributed by atoms with Crippen molar-refractivity contribution in [2.24, 2.45) is 23.2 Å². The van der Waals surface area contributed by atoms with E-state index < -0.39 is 12.2 Å². The van der Waals surface area contributed by atoms with E-state index >= 15 is 0 Å². The molecule has 4 rings (SSSR count). The number of piperidine rings is 1. The highest BCUT2D eigenvalue weighted by atomic mass is 16.3. The molecular weight excluding hydrogens is 382 g/mol. The van der Waals surface area contributed by atoms with Gasteiger partial charge in [-0.05, 0) is 99.1 Å². The highest BCUT2D eigenvalue weighted by Crippen LogP contribution is 2.59. The van der Waals surface area contributed by atoms with Crippen molar-refractivity contribution in [3.8, 4) is 0 Å². The van der Waals surface area contributed by atoms with Gasteiger partial charge >= 0.3 is 0 Å². The van der Waals surface area contributed by atoms with Gasteiger partial charge in [-0.3, -0.25) is 0 Å². The van der Waals surface area contributed by atoms with E-state index in [2.05, 4.69) is 44.4 Å². The van der Waals surface area contributed by atoms with Crippen molar-refractivity contribution in [2.45, 2.75) is 103 Å². The van der Waals surface area contributed by atoms with E-state index in [1.807, 2.05) is 0 Å². The predicted octanol–water partition coefficient (Wildman–Crippen LogP) is 5.64. The first-order valence-corrected chi connectivity index (χ1v) is 13.0. The highest BCUT2D eigenvalue weighted by Gasteiger charge is 2.50. The van der Waals surface area contributed by atoms with Crippen molar-refractivity contribution in [3.63, 3.8) is 0 Å². The van der Waals surface area contributed by atoms with Crippen LogP contribution in [-0.2, 0) is 0 Å². The van der Waals surface area contributed by atoms with E-state index in [-0.39, 0.29) is 0 Å². The zero-order chi connectivity index (χ0) is 22.2. The summed E-state index contributed by atoms with van der Waals surface area (Å²) in [4.78, 5) is 2.76. The average Bonchev–Trinajstić information content (AvgIpc) is 3.09. The molecule has 0 aromatic heterocycles. The van der Waals surface area contributed by atoms with Crippen LogP contribution in [-0.4, -0.2) is 46.5 Å². The van der Waals surface area contributed by atoms with Crippen molar-refractivity contribution in [1.82, 2.24) is 4.90 Å². The normalized spacial score (nSPS) is 43.4. The van der Waals surface area contributed by atoms with Gasteiger partial charge in [0.05, 0.1) is 12.2 Å². The summed E-state index contributed by atoms with van der Waals surface area (Å²) in [7, 11) is 0. The van der Waals surface area contributed by atoms with Gasteiger partial charge in [-0.15, -0.1) is 0 Å². The van der Waals surface area contributed by atoms with Crippen molar-refractivity contribution in [1.29, 1.82) is 0 Å². The Morgan fingerprint density at radius 2 is 1.97 bits per heavy atom. The summed E-state index contributed by atoms with van der Waals surface area (Å²) >= 11 is 0. The number of allylic oxidation sites excluding steroid dienone is 3. The van der Waals surface area contributed by atoms with Gasteiger partial charge < -0.3 is 15.1 Å². The standard InChI is InChI=1S/C28H45NO2/c1-19(18-29-15-6-5-8-20(29)2)25-12-13-26-22(9-7-14-28(25,26)4)10-11-23-16-24(30)17-27(31)21(23)3/h10-11,19-20,24-27,30-31H,3,5-9,12-18H2,1-2,4H3/b22-10+,23-11-/t19-,20-,24-,25-,26+,27+,28-/m1/s1. The Labute approximate surface area is 190 Å². The number of aliphatic hydroxyl groups excluding tert-OH is 2. The molecular formula is C28H45NO2. The lowest BCUT2D eigenvalue weighted by Gasteiger charge is -2.46. The van der Waals surface area contributed by atoms with Gasteiger partial charge in [0, 0.05) is 19.0 Å². The fourth-order valence-electron chi connectivity index (χ4n) is 7.61. The van der Waals surface area contributed by atoms with Crippen molar-refractivity contribution in [3.05, 3.63) is 35.5 Å². The van der Waals surface area contributed by atoms with Gasteiger partial charge in [0.15, 0.2) is 0 Å². The molecule has 1 aliphatic heterocycles. The monoisotopic (exact) mass is 427 g/mol. The molecule has 0 spiro atoms. The Morgan fingerprint density at radius 1 is 1.16 bits per heavy atom. The molecule has 0 radical (unpaired) electrons. The van der Waals surface area contributed by atoms with Gasteiger partial charge in [0.1, 0.15) is 0 Å². The summed E-state index contributed by atoms with van der Waals surface area (Å²) in [5.74, 6) is 2.27. The molecule has 174 valence electrons. The third-order valence-electron chi connectivity index (χ3n) is 9.45. The molecule has 0 aromatic carbocycles. The molecule has 3 aliphatic carbocycles. The van der Waals surface area contributed by atoms with E-state index in [1.165, 1.54) is 64.5 Å². The number of rotatable bonds is 4. The largest absolute Gasteiger partial charge is 0.393 e. The summed E-state index contributed by atoms with van der Waals surface area (Å²) < 4.78 is 0. The maximum atomic E-state index is 10.2. The zero-order valence-electron chi connectivity index (χ0n) is 20.2. The molecule has 3 saturated carbocycles. The molecule has 0 bridgehead atoms. The van der Waals surface area contributed by atoms with Gasteiger partial charge in [0.25, 0.3) is 0 Å². The Bertz CT molecular complexity index is 725. The van der Waals surface area contributed by atoms with Crippen LogP contribution < -0.4 is 0 Å². The van der Waals surface area contributed by atoms with Gasteiger partial charge in [-0.25, -0.2) is 0 Å². The van der Waals surface area contributed by atoms with E-state index in [4.69, 9.17) is 0 Å². The second-order valence-electron chi connectivity index (χ2n) is 11.5. The lowest BCUT2D eigenvalue weighted by atomic mass is 9.61. The third-order valence-corrected chi connectivity index (χ3v) is 9.45. The molecule has 0 amide bonds. The maximum absolute atomic E-state index is 10.2. The molecule has 7 atom stereocenters. The van der Waals surface area contributed by atoms with Crippen molar-refractivity contribution >= 4 is 0 Å². The number of hydrogen-bond acceptors (Lipinski definition) is 3. The summed E-state index contributed by atoms with van der Waals surface area (Å²) in [5.41, 5.74) is 3.86. The first-order chi connectivity index (χ1) is 14.8. The van der Waals surface area contributed by atoms with Crippen LogP contribution in [0.1, 0.15) is 85.0 Å². The number of hydrogen-bond donors (Lipinski definition) is 2. The predicted molar refractivity (Wildman–Crippen MR) is 129 cm³/mol. The topological polar surface area (TPSA) is 43.7 Å². The molecule has 2 N–H and O–H groups in total. The highest BCUT2D eigenvalue weighted by molar-refractivity contribution is 5.38. The molecule has 4 aliphatic rings. The van der Waals surface area contributed by atoms with Crippen molar-refractivity contribution < 1.29 is 10.2 Å². The Hall–Kier alpha value is -0.900. The van der Waals surface area contributed by atoms with Crippen LogP contribution in [0.2, 0.25) is 0 Å². The first kappa shape index (κ1) is 23.3. The smallest absolute Gasteiger partial charge is 0.0811 e. The Kier molecular flexibility index (Phi) is 7.15. The van der Waals surface area contributed by atoms with Crippen LogP contribution in [0.3, 0.4) is 0 Å². The lowest BCUT2D eigenvalue weighted by molar-refractivity contribution is 0.0598. The lowest BCUT2D eigenvalue weighted by Crippen LogP contribution is -2.44. The minimum absolute atomic E-state index is 0.419. The molecule has 3 nitrogen and oxygen atoms in total. The van der Waals surface area contributed by atoms with Crippen molar-refractivity contribution in [2.75, 3.05) is 13.1 Å².